The molecular weight excluding hydrogens is 675 g/mol. The Morgan fingerprint density at radius 1 is 0.843 bits per heavy atom. The quantitative estimate of drug-likeness (QED) is 0.0722. The van der Waals surface area contributed by atoms with Crippen molar-refractivity contribution in [2.45, 2.75) is 48.5 Å². The van der Waals surface area contributed by atoms with E-state index in [9.17, 15) is 13.8 Å². The standard InChI is InChI=1S/C38H40BFNO9P/c1-44-29-17-13-27(14-18-29)38(26-9-5-4-6-10-26,28-15-19-30(45-2)20-16-28)47-25-33-34(50-51(42)43)35(36(39)48-33)49-37(46-3)21-23-41(24-22-37)32-12-8-7-11-31(32)40/h4-20,33-36H,21-25H2,1-3H3/t33-,34+,35?,36-/m1/s1. The van der Waals surface area contributed by atoms with Crippen LogP contribution in [0.15, 0.2) is 103 Å². The number of halogens is 1. The van der Waals surface area contributed by atoms with E-state index in [-0.39, 0.29) is 12.4 Å². The molecule has 0 amide bonds. The predicted molar refractivity (Wildman–Crippen MR) is 188 cm³/mol. The van der Waals surface area contributed by atoms with Crippen molar-refractivity contribution in [1.29, 1.82) is 0 Å². The lowest BCUT2D eigenvalue weighted by molar-refractivity contribution is -0.268. The van der Waals surface area contributed by atoms with Gasteiger partial charge in [-0.1, -0.05) is 66.7 Å². The molecule has 10 nitrogen and oxygen atoms in total. The van der Waals surface area contributed by atoms with Gasteiger partial charge >= 0.3 is 8.25 Å². The van der Waals surface area contributed by atoms with E-state index < -0.39 is 44.0 Å². The Kier molecular flexibility index (Phi) is 11.7. The largest absolute Gasteiger partial charge is 0.566 e. The lowest BCUT2D eigenvalue weighted by Crippen LogP contribution is -2.52. The Morgan fingerprint density at radius 2 is 1.39 bits per heavy atom. The predicted octanol–water partition coefficient (Wildman–Crippen LogP) is 5.48. The number of hydrogen-bond acceptors (Lipinski definition) is 10. The number of ether oxygens (including phenoxy) is 6. The highest BCUT2D eigenvalue weighted by Crippen LogP contribution is 2.44. The van der Waals surface area contributed by atoms with Crippen LogP contribution in [0.3, 0.4) is 0 Å². The van der Waals surface area contributed by atoms with E-state index in [0.29, 0.717) is 43.1 Å². The molecule has 2 heterocycles. The zero-order valence-electron chi connectivity index (χ0n) is 28.7. The van der Waals surface area contributed by atoms with Crippen LogP contribution in [-0.2, 0) is 33.6 Å². The number of rotatable bonds is 14. The van der Waals surface area contributed by atoms with Crippen LogP contribution in [0.25, 0.3) is 0 Å². The molecule has 0 aliphatic carbocycles. The molecule has 0 bridgehead atoms. The zero-order valence-corrected chi connectivity index (χ0v) is 29.6. The van der Waals surface area contributed by atoms with Gasteiger partial charge < -0.3 is 38.2 Å². The summed E-state index contributed by atoms with van der Waals surface area (Å²) < 4.78 is 68.7. The van der Waals surface area contributed by atoms with E-state index in [0.717, 1.165) is 16.7 Å². The fourth-order valence-electron chi connectivity index (χ4n) is 6.95. The first-order valence-electron chi connectivity index (χ1n) is 16.6. The van der Waals surface area contributed by atoms with E-state index >= 15 is 0 Å². The van der Waals surface area contributed by atoms with Gasteiger partial charge in [0.15, 0.2) is 11.9 Å². The normalized spacial score (nSPS) is 22.1. The van der Waals surface area contributed by atoms with Crippen LogP contribution in [0.4, 0.5) is 10.1 Å². The summed E-state index contributed by atoms with van der Waals surface area (Å²) >= 11 is 0. The third-order valence-electron chi connectivity index (χ3n) is 9.63. The number of piperidine rings is 1. The van der Waals surface area contributed by atoms with Gasteiger partial charge in [-0.25, -0.2) is 4.39 Å². The molecule has 5 atom stereocenters. The molecule has 51 heavy (non-hydrogen) atoms. The summed E-state index contributed by atoms with van der Waals surface area (Å²) in [4.78, 5) is 14.1. The van der Waals surface area contributed by atoms with Crippen molar-refractivity contribution in [1.82, 2.24) is 0 Å². The van der Waals surface area contributed by atoms with Crippen LogP contribution >= 0.6 is 8.25 Å². The van der Waals surface area contributed by atoms with Gasteiger partial charge in [-0.15, -0.1) is 4.52 Å². The van der Waals surface area contributed by atoms with Gasteiger partial charge in [0.1, 0.15) is 43.0 Å². The van der Waals surface area contributed by atoms with Gasteiger partial charge in [-0.05, 0) is 57.7 Å². The first kappa shape index (κ1) is 36.9. The van der Waals surface area contributed by atoms with Crippen molar-refractivity contribution in [2.24, 2.45) is 0 Å². The summed E-state index contributed by atoms with van der Waals surface area (Å²) in [5.41, 5.74) is 1.65. The molecule has 0 aromatic heterocycles. The van der Waals surface area contributed by atoms with Crippen molar-refractivity contribution >= 4 is 21.8 Å². The van der Waals surface area contributed by atoms with E-state index in [1.165, 1.54) is 13.2 Å². The average Bonchev–Trinajstić information content (AvgIpc) is 3.45. The van der Waals surface area contributed by atoms with Crippen molar-refractivity contribution in [2.75, 3.05) is 45.9 Å². The van der Waals surface area contributed by atoms with Crippen LogP contribution in [0, 0.1) is 5.82 Å². The summed E-state index contributed by atoms with van der Waals surface area (Å²) in [5.74, 6) is -0.139. The van der Waals surface area contributed by atoms with Crippen molar-refractivity contribution < 1.29 is 46.8 Å². The number of anilines is 1. The van der Waals surface area contributed by atoms with Gasteiger partial charge in [0.2, 0.25) is 0 Å². The molecule has 4 aromatic carbocycles. The SMILES string of the molecule is [B][C@@H]1O[C@H](COC(c2ccccc2)(c2ccc(OC)cc2)c2ccc(OC)cc2)[C@H](O[P+](=O)[O-])C1OC1(OC)CCN(c2ccccc2F)CC1. The summed E-state index contributed by atoms with van der Waals surface area (Å²) in [5, 5.41) is 0. The lowest BCUT2D eigenvalue weighted by atomic mass is 9.80. The maximum absolute atomic E-state index is 14.6. The van der Waals surface area contributed by atoms with Crippen LogP contribution in [0.5, 0.6) is 11.5 Å². The fourth-order valence-corrected chi connectivity index (χ4v) is 7.40. The summed E-state index contributed by atoms with van der Waals surface area (Å²) in [6, 6.07) is 30.2. The third-order valence-corrected chi connectivity index (χ3v) is 10.0. The fraction of sp³-hybridized carbons (Fsp3) is 0.368. The van der Waals surface area contributed by atoms with E-state index in [1.807, 2.05) is 83.8 Å². The summed E-state index contributed by atoms with van der Waals surface area (Å²) in [6.07, 6.45) is -2.47. The molecule has 0 N–H and O–H groups in total. The molecule has 2 radical (unpaired) electrons. The van der Waals surface area contributed by atoms with E-state index in [1.54, 1.807) is 32.4 Å². The third kappa shape index (κ3) is 7.83. The highest BCUT2D eigenvalue weighted by molar-refractivity contribution is 7.30. The minimum absolute atomic E-state index is 0.143. The Labute approximate surface area is 299 Å². The van der Waals surface area contributed by atoms with Crippen molar-refractivity contribution in [3.8, 4) is 11.5 Å². The molecule has 2 saturated heterocycles. The molecule has 266 valence electrons. The number of nitrogens with zero attached hydrogens (tertiary/aromatic N) is 1. The maximum atomic E-state index is 14.6. The van der Waals surface area contributed by atoms with E-state index in [4.69, 9.17) is 40.8 Å². The van der Waals surface area contributed by atoms with Crippen molar-refractivity contribution in [3.05, 3.63) is 126 Å². The number of para-hydroxylation sites is 1. The van der Waals surface area contributed by atoms with Crippen LogP contribution in [-0.4, -0.2) is 79.0 Å². The molecular formula is C38H40BFNO9P. The number of hydrogen-bond donors (Lipinski definition) is 0. The summed E-state index contributed by atoms with van der Waals surface area (Å²) in [7, 11) is 7.89. The molecule has 2 aliphatic rings. The minimum Gasteiger partial charge on any atom is -0.566 e. The molecule has 0 spiro atoms. The van der Waals surface area contributed by atoms with Crippen molar-refractivity contribution in [3.63, 3.8) is 0 Å². The highest BCUT2D eigenvalue weighted by atomic mass is 31.1. The van der Waals surface area contributed by atoms with Gasteiger partial charge in [0.05, 0.1) is 26.5 Å². The van der Waals surface area contributed by atoms with Crippen LogP contribution < -0.4 is 19.3 Å². The molecule has 0 saturated carbocycles. The maximum Gasteiger partial charge on any atom is 0.488 e. The highest BCUT2D eigenvalue weighted by Gasteiger charge is 2.52. The Morgan fingerprint density at radius 3 is 1.92 bits per heavy atom. The second-order valence-corrected chi connectivity index (χ2v) is 13.0. The molecule has 2 fully saturated rings. The molecule has 2 aliphatic heterocycles. The topological polar surface area (TPSA) is 108 Å². The van der Waals surface area contributed by atoms with Gasteiger partial charge in [-0.3, -0.25) is 0 Å². The molecule has 2 unspecified atom stereocenters. The minimum atomic E-state index is -3.34. The van der Waals surface area contributed by atoms with Gasteiger partial charge in [0, 0.05) is 39.0 Å². The Balaban J connectivity index is 1.30. The van der Waals surface area contributed by atoms with Crippen LogP contribution in [0.1, 0.15) is 29.5 Å². The second kappa shape index (κ2) is 16.2. The second-order valence-electron chi connectivity index (χ2n) is 12.4. The molecule has 13 heteroatoms. The van der Waals surface area contributed by atoms with Gasteiger partial charge in [0.25, 0.3) is 0 Å². The van der Waals surface area contributed by atoms with Crippen LogP contribution in [0.2, 0.25) is 0 Å². The van der Waals surface area contributed by atoms with E-state index in [2.05, 4.69) is 0 Å². The number of methoxy groups -OCH3 is 3. The Bertz CT molecular complexity index is 1700. The first-order valence-corrected chi connectivity index (χ1v) is 17.7. The average molecular weight is 716 g/mol. The monoisotopic (exact) mass is 715 g/mol. The number of benzene rings is 4. The zero-order chi connectivity index (χ0) is 36.0. The first-order chi connectivity index (χ1) is 24.7. The van der Waals surface area contributed by atoms with Gasteiger partial charge in [-0.2, -0.15) is 0 Å². The molecule has 4 aromatic rings. The summed E-state index contributed by atoms with van der Waals surface area (Å²) in [6.45, 7) is 0.707. The molecule has 6 rings (SSSR count). The Hall–Kier alpha value is -3.87. The smallest absolute Gasteiger partial charge is 0.488 e. The lowest BCUT2D eigenvalue weighted by Gasteiger charge is -2.43.